The number of hydrogen-bond donors (Lipinski definition) is 1. The molecule has 11 heteroatoms. The molecule has 1 heterocycles. The Morgan fingerprint density at radius 2 is 1.97 bits per heavy atom. The molecule has 0 aliphatic rings. The maximum absolute atomic E-state index is 12.9. The lowest BCUT2D eigenvalue weighted by Gasteiger charge is -2.23. The van der Waals surface area contributed by atoms with Crippen LogP contribution >= 0.6 is 11.6 Å². The van der Waals surface area contributed by atoms with Crippen LogP contribution in [0.3, 0.4) is 0 Å². The van der Waals surface area contributed by atoms with Gasteiger partial charge in [-0.2, -0.15) is 8.42 Å². The molecular weight excluding hydrogens is 470 g/mol. The van der Waals surface area contributed by atoms with Crippen molar-refractivity contribution in [3.8, 4) is 12.3 Å². The first kappa shape index (κ1) is 24.3. The number of carbonyl (C=O) groups is 1. The Morgan fingerprint density at radius 1 is 1.30 bits per heavy atom. The van der Waals surface area contributed by atoms with Gasteiger partial charge in [-0.3, -0.25) is 13.5 Å². The highest BCUT2D eigenvalue weighted by molar-refractivity contribution is 7.85. The van der Waals surface area contributed by atoms with Gasteiger partial charge in [0.1, 0.15) is 12.4 Å². The van der Waals surface area contributed by atoms with Crippen molar-refractivity contribution in [3.63, 3.8) is 0 Å². The third-order valence-electron chi connectivity index (χ3n) is 4.86. The highest BCUT2D eigenvalue weighted by Crippen LogP contribution is 2.25. The summed E-state index contributed by atoms with van der Waals surface area (Å²) in [7, 11) is -2.24. The molecule has 33 heavy (non-hydrogen) atoms. The predicted octanol–water partition coefficient (Wildman–Crippen LogP) is 2.40. The summed E-state index contributed by atoms with van der Waals surface area (Å²) in [6.45, 7) is 0.0917. The number of terminal acetylenes is 1. The Morgan fingerprint density at radius 3 is 2.55 bits per heavy atom. The number of carboxylic acids is 1. The number of aromatic carboxylic acids is 1. The summed E-state index contributed by atoms with van der Waals surface area (Å²) >= 11 is 6.46. The number of halogens is 1. The van der Waals surface area contributed by atoms with E-state index >= 15 is 0 Å². The van der Waals surface area contributed by atoms with Gasteiger partial charge in [0, 0.05) is 24.3 Å². The van der Waals surface area contributed by atoms with Gasteiger partial charge in [0.2, 0.25) is 0 Å². The molecule has 0 saturated heterocycles. The minimum atomic E-state index is -3.71. The molecule has 172 valence electrons. The number of carboxylic acid groups (broad SMARTS) is 1. The largest absolute Gasteiger partial charge is 0.478 e. The Kier molecular flexibility index (Phi) is 7.07. The normalized spacial score (nSPS) is 11.3. The van der Waals surface area contributed by atoms with Crippen LogP contribution in [0, 0.1) is 12.3 Å². The first-order valence-corrected chi connectivity index (χ1v) is 11.7. The molecule has 0 aliphatic carbocycles. The van der Waals surface area contributed by atoms with Gasteiger partial charge >= 0.3 is 5.97 Å². The lowest BCUT2D eigenvalue weighted by molar-refractivity contribution is 0.0697. The van der Waals surface area contributed by atoms with Crippen molar-refractivity contribution in [1.82, 2.24) is 9.55 Å². The predicted molar refractivity (Wildman–Crippen MR) is 125 cm³/mol. The summed E-state index contributed by atoms with van der Waals surface area (Å²) in [5, 5.41) is 9.72. The molecule has 3 aromatic rings. The van der Waals surface area contributed by atoms with E-state index in [1.807, 2.05) is 4.90 Å². The Bertz CT molecular complexity index is 1430. The summed E-state index contributed by atoms with van der Waals surface area (Å²) < 4.78 is 28.5. The molecule has 0 spiro atoms. The summed E-state index contributed by atoms with van der Waals surface area (Å²) in [6, 6.07) is 9.38. The first-order valence-electron chi connectivity index (χ1n) is 9.54. The topological polar surface area (TPSA) is 119 Å². The standard InChI is InChI=1S/C22H20ClN3O6S/c1-4-9-26(16-7-5-14(6-8-16)22(28)29)12-15-10-17-19(11-18(15)23)24-20(25(2)21(17)27)13-32-33(3,30)31/h1,5-8,10-11H,9,12-13H2,2-3H3,(H,28,29). The Balaban J connectivity index is 1.99. The number of hydrogen-bond acceptors (Lipinski definition) is 7. The minimum Gasteiger partial charge on any atom is -0.478 e. The highest BCUT2D eigenvalue weighted by atomic mass is 35.5. The van der Waals surface area contributed by atoms with E-state index in [0.717, 1.165) is 6.26 Å². The zero-order valence-corrected chi connectivity index (χ0v) is 19.4. The average Bonchev–Trinajstić information content (AvgIpc) is 2.75. The smallest absolute Gasteiger partial charge is 0.335 e. The molecule has 0 aliphatic heterocycles. The van der Waals surface area contributed by atoms with Gasteiger partial charge in [-0.1, -0.05) is 17.5 Å². The molecule has 0 unspecified atom stereocenters. The van der Waals surface area contributed by atoms with Gasteiger partial charge in [0.25, 0.3) is 15.7 Å². The molecule has 1 aromatic heterocycles. The van der Waals surface area contributed by atoms with Crippen LogP contribution in [0.5, 0.6) is 0 Å². The Labute approximate surface area is 195 Å². The lowest BCUT2D eigenvalue weighted by Crippen LogP contribution is -2.25. The van der Waals surface area contributed by atoms with E-state index in [4.69, 9.17) is 27.3 Å². The van der Waals surface area contributed by atoms with E-state index in [2.05, 4.69) is 10.9 Å². The number of fused-ring (bicyclic) bond motifs is 1. The molecule has 0 radical (unpaired) electrons. The number of benzene rings is 2. The van der Waals surface area contributed by atoms with E-state index in [1.165, 1.54) is 29.8 Å². The highest BCUT2D eigenvalue weighted by Gasteiger charge is 2.16. The molecule has 9 nitrogen and oxygen atoms in total. The van der Waals surface area contributed by atoms with Crippen LogP contribution in [0.1, 0.15) is 21.7 Å². The third-order valence-corrected chi connectivity index (χ3v) is 5.76. The summed E-state index contributed by atoms with van der Waals surface area (Å²) in [5.74, 6) is 1.66. The van der Waals surface area contributed by atoms with Gasteiger partial charge in [-0.25, -0.2) is 9.78 Å². The van der Waals surface area contributed by atoms with Crippen molar-refractivity contribution < 1.29 is 22.5 Å². The van der Waals surface area contributed by atoms with Crippen LogP contribution in [0.15, 0.2) is 41.2 Å². The van der Waals surface area contributed by atoms with Crippen LogP contribution in [0.25, 0.3) is 10.9 Å². The van der Waals surface area contributed by atoms with Gasteiger partial charge in [0.05, 0.1) is 29.3 Å². The second-order valence-corrected chi connectivity index (χ2v) is 9.28. The maximum atomic E-state index is 12.9. The second-order valence-electron chi connectivity index (χ2n) is 7.23. The molecule has 0 atom stereocenters. The SMILES string of the molecule is C#CCN(Cc1cc2c(=O)n(C)c(COS(C)(=O)=O)nc2cc1Cl)c1ccc(C(=O)O)cc1. The number of nitrogens with zero attached hydrogens (tertiary/aromatic N) is 3. The van der Waals surface area contributed by atoms with Crippen LogP contribution in [-0.4, -0.2) is 41.8 Å². The molecule has 2 aromatic carbocycles. The third kappa shape index (κ3) is 5.70. The first-order chi connectivity index (χ1) is 15.5. The van der Waals surface area contributed by atoms with E-state index in [9.17, 15) is 18.0 Å². The van der Waals surface area contributed by atoms with Crippen molar-refractivity contribution in [1.29, 1.82) is 0 Å². The van der Waals surface area contributed by atoms with Crippen molar-refractivity contribution in [2.24, 2.45) is 7.05 Å². The van der Waals surface area contributed by atoms with Crippen LogP contribution in [-0.2, 0) is 34.5 Å². The van der Waals surface area contributed by atoms with Crippen molar-refractivity contribution in [3.05, 3.63) is 68.7 Å². The van der Waals surface area contributed by atoms with Crippen molar-refractivity contribution in [2.45, 2.75) is 13.2 Å². The lowest BCUT2D eigenvalue weighted by atomic mass is 10.1. The van der Waals surface area contributed by atoms with Crippen LogP contribution in [0.2, 0.25) is 5.02 Å². The average molecular weight is 490 g/mol. The van der Waals surface area contributed by atoms with Crippen LogP contribution < -0.4 is 10.5 Å². The van der Waals surface area contributed by atoms with Gasteiger partial charge < -0.3 is 10.0 Å². The fraction of sp³-hybridized carbons (Fsp3) is 0.227. The van der Waals surface area contributed by atoms with E-state index < -0.39 is 16.1 Å². The molecule has 1 N–H and O–H groups in total. The van der Waals surface area contributed by atoms with Gasteiger partial charge in [0.15, 0.2) is 0 Å². The molecule has 0 amide bonds. The molecular formula is C22H20ClN3O6S. The summed E-state index contributed by atoms with van der Waals surface area (Å²) in [4.78, 5) is 30.1. The fourth-order valence-corrected chi connectivity index (χ4v) is 3.70. The Hall–Kier alpha value is -3.39. The molecule has 3 rings (SSSR count). The number of aromatic nitrogens is 2. The van der Waals surface area contributed by atoms with E-state index in [1.54, 1.807) is 18.2 Å². The fourth-order valence-electron chi connectivity index (χ4n) is 3.16. The van der Waals surface area contributed by atoms with Gasteiger partial charge in [-0.05, 0) is 42.0 Å². The van der Waals surface area contributed by atoms with E-state index in [-0.39, 0.29) is 36.6 Å². The zero-order valence-electron chi connectivity index (χ0n) is 17.8. The van der Waals surface area contributed by atoms with Crippen LogP contribution in [0.4, 0.5) is 5.69 Å². The maximum Gasteiger partial charge on any atom is 0.335 e. The van der Waals surface area contributed by atoms with Crippen molar-refractivity contribution in [2.75, 3.05) is 17.7 Å². The minimum absolute atomic E-state index is 0.134. The zero-order chi connectivity index (χ0) is 24.3. The summed E-state index contributed by atoms with van der Waals surface area (Å²) in [6.07, 6.45) is 6.42. The van der Waals surface area contributed by atoms with E-state index in [0.29, 0.717) is 27.2 Å². The van der Waals surface area contributed by atoms with Crippen molar-refractivity contribution >= 4 is 44.3 Å². The number of anilines is 1. The molecule has 0 fully saturated rings. The van der Waals surface area contributed by atoms with Gasteiger partial charge in [-0.15, -0.1) is 6.42 Å². The summed E-state index contributed by atoms with van der Waals surface area (Å²) in [5.41, 5.74) is 1.36. The second kappa shape index (κ2) is 9.62. The molecule has 0 bridgehead atoms. The quantitative estimate of drug-likeness (QED) is 0.378. The molecule has 0 saturated carbocycles. The number of rotatable bonds is 8. The monoisotopic (exact) mass is 489 g/mol.